The molecule has 0 aliphatic heterocycles. The van der Waals surface area contributed by atoms with Gasteiger partial charge in [0.1, 0.15) is 11.5 Å². The van der Waals surface area contributed by atoms with E-state index in [1.165, 1.54) is 0 Å². The number of thiocarbonyl (C=S) groups is 1. The zero-order valence-electron chi connectivity index (χ0n) is 19.7. The standard InChI is InChI=1S/C27H30N2O4S/c1-4-32-25-16-8-21(9-17-25)19-29(18-20-6-14-24(31-3)15-7-20)27(34)28-23-12-10-22(11-13-23)26(30)33-5-2/h6-17H,4-5,18-19H2,1-3H3,(H,28,34). The van der Waals surface area contributed by atoms with E-state index < -0.39 is 0 Å². The van der Waals surface area contributed by atoms with Crippen molar-refractivity contribution in [3.05, 3.63) is 89.5 Å². The summed E-state index contributed by atoms with van der Waals surface area (Å²) in [6.07, 6.45) is 0. The van der Waals surface area contributed by atoms with E-state index in [1.807, 2.05) is 67.6 Å². The number of anilines is 1. The maximum atomic E-state index is 11.9. The van der Waals surface area contributed by atoms with Crippen LogP contribution in [-0.2, 0) is 17.8 Å². The Bertz CT molecular complexity index is 1070. The van der Waals surface area contributed by atoms with Gasteiger partial charge in [-0.2, -0.15) is 0 Å². The van der Waals surface area contributed by atoms with E-state index in [1.54, 1.807) is 26.2 Å². The van der Waals surface area contributed by atoms with Gasteiger partial charge in [-0.05, 0) is 85.7 Å². The molecule has 0 amide bonds. The Morgan fingerprint density at radius 3 is 1.88 bits per heavy atom. The molecule has 0 bridgehead atoms. The second-order valence-electron chi connectivity index (χ2n) is 7.51. The van der Waals surface area contributed by atoms with Gasteiger partial charge >= 0.3 is 5.97 Å². The topological polar surface area (TPSA) is 60.0 Å². The molecule has 0 aliphatic carbocycles. The highest BCUT2D eigenvalue weighted by Gasteiger charge is 2.13. The van der Waals surface area contributed by atoms with Gasteiger partial charge in [-0.15, -0.1) is 0 Å². The van der Waals surface area contributed by atoms with Crippen molar-refractivity contribution in [3.8, 4) is 11.5 Å². The molecule has 0 radical (unpaired) electrons. The Labute approximate surface area is 206 Å². The van der Waals surface area contributed by atoms with Crippen LogP contribution in [0.3, 0.4) is 0 Å². The number of hydrogen-bond donors (Lipinski definition) is 1. The lowest BCUT2D eigenvalue weighted by molar-refractivity contribution is 0.0526. The molecule has 0 atom stereocenters. The first-order valence-electron chi connectivity index (χ1n) is 11.2. The summed E-state index contributed by atoms with van der Waals surface area (Å²) in [7, 11) is 1.65. The summed E-state index contributed by atoms with van der Waals surface area (Å²) in [5.74, 6) is 1.31. The first kappa shape index (κ1) is 25.1. The second kappa shape index (κ2) is 12.6. The Kier molecular flexibility index (Phi) is 9.29. The first-order chi connectivity index (χ1) is 16.5. The summed E-state index contributed by atoms with van der Waals surface area (Å²) in [6.45, 7) is 5.96. The fourth-order valence-electron chi connectivity index (χ4n) is 3.34. The highest BCUT2D eigenvalue weighted by Crippen LogP contribution is 2.19. The van der Waals surface area contributed by atoms with Gasteiger partial charge < -0.3 is 24.4 Å². The number of hydrogen-bond acceptors (Lipinski definition) is 5. The molecule has 0 spiro atoms. The molecule has 0 aromatic heterocycles. The molecule has 0 saturated carbocycles. The van der Waals surface area contributed by atoms with E-state index in [-0.39, 0.29) is 5.97 Å². The van der Waals surface area contributed by atoms with Gasteiger partial charge in [0, 0.05) is 18.8 Å². The number of carbonyl (C=O) groups excluding carboxylic acids is 1. The van der Waals surface area contributed by atoms with E-state index in [2.05, 4.69) is 10.2 Å². The third-order valence-electron chi connectivity index (χ3n) is 5.07. The number of benzene rings is 3. The van der Waals surface area contributed by atoms with Crippen LogP contribution in [0.5, 0.6) is 11.5 Å². The van der Waals surface area contributed by atoms with Gasteiger partial charge in [0.25, 0.3) is 0 Å². The van der Waals surface area contributed by atoms with Crippen molar-refractivity contribution < 1.29 is 19.0 Å². The molecule has 3 aromatic carbocycles. The molecule has 0 unspecified atom stereocenters. The van der Waals surface area contributed by atoms with Crippen molar-refractivity contribution in [1.82, 2.24) is 4.90 Å². The maximum absolute atomic E-state index is 11.9. The van der Waals surface area contributed by atoms with Crippen molar-refractivity contribution in [1.29, 1.82) is 0 Å². The van der Waals surface area contributed by atoms with Gasteiger partial charge in [0.05, 0.1) is 25.9 Å². The Hall–Kier alpha value is -3.58. The number of rotatable bonds is 10. The SMILES string of the molecule is CCOC(=O)c1ccc(NC(=S)N(Cc2ccc(OC)cc2)Cc2ccc(OCC)cc2)cc1. The molecular weight excluding hydrogens is 448 g/mol. The highest BCUT2D eigenvalue weighted by molar-refractivity contribution is 7.80. The predicted octanol–water partition coefficient (Wildman–Crippen LogP) is 5.67. The van der Waals surface area contributed by atoms with E-state index in [0.717, 1.165) is 28.3 Å². The minimum Gasteiger partial charge on any atom is -0.497 e. The van der Waals surface area contributed by atoms with Crippen LogP contribution in [0.2, 0.25) is 0 Å². The lowest BCUT2D eigenvalue weighted by Crippen LogP contribution is -2.33. The third kappa shape index (κ3) is 7.22. The molecule has 0 aliphatic rings. The van der Waals surface area contributed by atoms with Crippen LogP contribution in [0.15, 0.2) is 72.8 Å². The fraction of sp³-hybridized carbons (Fsp3) is 0.259. The average Bonchev–Trinajstić information content (AvgIpc) is 2.86. The van der Waals surface area contributed by atoms with E-state index in [0.29, 0.717) is 37.0 Å². The van der Waals surface area contributed by atoms with Gasteiger partial charge in [-0.1, -0.05) is 24.3 Å². The lowest BCUT2D eigenvalue weighted by atomic mass is 10.1. The van der Waals surface area contributed by atoms with Crippen molar-refractivity contribution in [3.63, 3.8) is 0 Å². The molecule has 0 fully saturated rings. The first-order valence-corrected chi connectivity index (χ1v) is 11.6. The number of esters is 1. The summed E-state index contributed by atoms with van der Waals surface area (Å²) < 4.78 is 15.9. The van der Waals surface area contributed by atoms with Crippen LogP contribution >= 0.6 is 12.2 Å². The minimum atomic E-state index is -0.340. The zero-order chi connectivity index (χ0) is 24.3. The summed E-state index contributed by atoms with van der Waals surface area (Å²) in [5, 5.41) is 3.87. The van der Waals surface area contributed by atoms with Crippen molar-refractivity contribution >= 4 is 29.0 Å². The summed E-state index contributed by atoms with van der Waals surface area (Å²) in [4.78, 5) is 14.0. The molecule has 6 nitrogen and oxygen atoms in total. The van der Waals surface area contributed by atoms with Crippen LogP contribution < -0.4 is 14.8 Å². The van der Waals surface area contributed by atoms with E-state index in [9.17, 15) is 4.79 Å². The van der Waals surface area contributed by atoms with Gasteiger partial charge in [-0.25, -0.2) is 4.79 Å². The summed E-state index contributed by atoms with van der Waals surface area (Å²) in [5.41, 5.74) is 3.51. The molecule has 0 saturated heterocycles. The molecule has 34 heavy (non-hydrogen) atoms. The average molecular weight is 479 g/mol. The monoisotopic (exact) mass is 478 g/mol. The van der Waals surface area contributed by atoms with Crippen LogP contribution in [0, 0.1) is 0 Å². The maximum Gasteiger partial charge on any atom is 0.338 e. The smallest absolute Gasteiger partial charge is 0.338 e. The number of methoxy groups -OCH3 is 1. The molecule has 7 heteroatoms. The molecule has 0 heterocycles. The molecular formula is C27H30N2O4S. The highest BCUT2D eigenvalue weighted by atomic mass is 32.1. The summed E-state index contributed by atoms with van der Waals surface area (Å²) >= 11 is 5.77. The van der Waals surface area contributed by atoms with Crippen LogP contribution in [-0.4, -0.2) is 36.3 Å². The van der Waals surface area contributed by atoms with Crippen molar-refractivity contribution in [2.75, 3.05) is 25.6 Å². The lowest BCUT2D eigenvalue weighted by Gasteiger charge is -2.26. The fourth-order valence-corrected chi connectivity index (χ4v) is 3.58. The molecule has 3 aromatic rings. The van der Waals surface area contributed by atoms with Crippen molar-refractivity contribution in [2.24, 2.45) is 0 Å². The molecule has 178 valence electrons. The summed E-state index contributed by atoms with van der Waals surface area (Å²) in [6, 6.07) is 23.1. The molecule has 3 rings (SSSR count). The van der Waals surface area contributed by atoms with Gasteiger partial charge in [-0.3, -0.25) is 0 Å². The number of nitrogens with one attached hydrogen (secondary N) is 1. The van der Waals surface area contributed by atoms with E-state index in [4.69, 9.17) is 26.4 Å². The predicted molar refractivity (Wildman–Crippen MR) is 138 cm³/mol. The Balaban J connectivity index is 1.75. The minimum absolute atomic E-state index is 0.340. The quantitative estimate of drug-likeness (QED) is 0.298. The number of nitrogens with zero attached hydrogens (tertiary/aromatic N) is 1. The van der Waals surface area contributed by atoms with Gasteiger partial charge in [0.2, 0.25) is 0 Å². The Morgan fingerprint density at radius 2 is 1.38 bits per heavy atom. The second-order valence-corrected chi connectivity index (χ2v) is 7.90. The van der Waals surface area contributed by atoms with Crippen LogP contribution in [0.1, 0.15) is 35.3 Å². The third-order valence-corrected chi connectivity index (χ3v) is 5.44. The van der Waals surface area contributed by atoms with Crippen LogP contribution in [0.4, 0.5) is 5.69 Å². The van der Waals surface area contributed by atoms with Crippen LogP contribution in [0.25, 0.3) is 0 Å². The largest absolute Gasteiger partial charge is 0.497 e. The van der Waals surface area contributed by atoms with Crippen molar-refractivity contribution in [2.45, 2.75) is 26.9 Å². The van der Waals surface area contributed by atoms with Gasteiger partial charge in [0.15, 0.2) is 5.11 Å². The zero-order valence-corrected chi connectivity index (χ0v) is 20.6. The number of carbonyl (C=O) groups is 1. The van der Waals surface area contributed by atoms with E-state index >= 15 is 0 Å². The molecule has 1 N–H and O–H groups in total. The number of ether oxygens (including phenoxy) is 3. The Morgan fingerprint density at radius 1 is 0.824 bits per heavy atom. The normalized spacial score (nSPS) is 10.3.